The first-order chi connectivity index (χ1) is 6.33. The number of aromatic nitrogens is 2. The smallest absolute Gasteiger partial charge is 0.183 e. The molecule has 13 heavy (non-hydrogen) atoms. The molecule has 0 amide bonds. The Morgan fingerprint density at radius 1 is 1.54 bits per heavy atom. The average molecular weight is 174 g/mol. The fraction of sp³-hybridized carbons (Fsp3) is 0.200. The summed E-state index contributed by atoms with van der Waals surface area (Å²) in [5.74, 6) is 0.0914. The van der Waals surface area contributed by atoms with Crippen molar-refractivity contribution in [2.24, 2.45) is 0 Å². The molecule has 0 aliphatic carbocycles. The molecule has 3 heteroatoms. The van der Waals surface area contributed by atoms with Crippen molar-refractivity contribution in [3.05, 3.63) is 36.4 Å². The van der Waals surface area contributed by atoms with Crippen LogP contribution in [0, 0.1) is 0 Å². The van der Waals surface area contributed by atoms with Crippen LogP contribution in [0.5, 0.6) is 0 Å². The van der Waals surface area contributed by atoms with Crippen LogP contribution in [0.3, 0.4) is 0 Å². The van der Waals surface area contributed by atoms with Crippen LogP contribution in [0.1, 0.15) is 23.8 Å². The molecule has 0 bridgehead atoms. The SMILES string of the molecule is CCC(=O)c1ncn2ccccc12. The standard InChI is InChI=1S/C10H10N2O/c1-2-9(13)10-8-5-3-4-6-12(8)7-11-10/h3-7H,2H2,1H3. The fourth-order valence-corrected chi connectivity index (χ4v) is 1.33. The van der Waals surface area contributed by atoms with Crippen LogP contribution in [-0.2, 0) is 0 Å². The minimum atomic E-state index is 0.0914. The number of imidazole rings is 1. The summed E-state index contributed by atoms with van der Waals surface area (Å²) in [6, 6.07) is 5.72. The lowest BCUT2D eigenvalue weighted by Crippen LogP contribution is -1.97. The van der Waals surface area contributed by atoms with Crippen molar-refractivity contribution >= 4 is 11.3 Å². The van der Waals surface area contributed by atoms with Gasteiger partial charge in [-0.3, -0.25) is 4.79 Å². The molecule has 0 fully saturated rings. The minimum Gasteiger partial charge on any atom is -0.306 e. The molecule has 0 radical (unpaired) electrons. The van der Waals surface area contributed by atoms with Gasteiger partial charge in [-0.1, -0.05) is 13.0 Å². The second-order valence-corrected chi connectivity index (χ2v) is 2.86. The molecular formula is C10H10N2O. The first-order valence-corrected chi connectivity index (χ1v) is 4.28. The van der Waals surface area contributed by atoms with E-state index in [4.69, 9.17) is 0 Å². The van der Waals surface area contributed by atoms with Crippen molar-refractivity contribution in [1.29, 1.82) is 0 Å². The number of Topliss-reactive ketones (excluding diaryl/α,β-unsaturated/α-hetero) is 1. The highest BCUT2D eigenvalue weighted by molar-refractivity contribution is 6.00. The van der Waals surface area contributed by atoms with Crippen LogP contribution in [0.25, 0.3) is 5.52 Å². The van der Waals surface area contributed by atoms with Gasteiger partial charge in [-0.05, 0) is 12.1 Å². The van der Waals surface area contributed by atoms with Crippen molar-refractivity contribution in [1.82, 2.24) is 9.38 Å². The van der Waals surface area contributed by atoms with Gasteiger partial charge in [-0.2, -0.15) is 0 Å². The van der Waals surface area contributed by atoms with Crippen molar-refractivity contribution in [3.8, 4) is 0 Å². The minimum absolute atomic E-state index is 0.0914. The molecule has 0 saturated heterocycles. The highest BCUT2D eigenvalue weighted by Crippen LogP contribution is 2.10. The first kappa shape index (κ1) is 7.98. The predicted octanol–water partition coefficient (Wildman–Crippen LogP) is 1.93. The summed E-state index contributed by atoms with van der Waals surface area (Å²) >= 11 is 0. The summed E-state index contributed by atoms with van der Waals surface area (Å²) < 4.78 is 1.85. The Kier molecular flexibility index (Phi) is 1.85. The molecule has 0 N–H and O–H groups in total. The predicted molar refractivity (Wildman–Crippen MR) is 49.8 cm³/mol. The summed E-state index contributed by atoms with van der Waals surface area (Å²) in [6.07, 6.45) is 4.05. The molecule has 0 aromatic carbocycles. The second kappa shape index (κ2) is 3.01. The zero-order valence-corrected chi connectivity index (χ0v) is 7.40. The van der Waals surface area contributed by atoms with Gasteiger partial charge in [-0.25, -0.2) is 4.98 Å². The zero-order chi connectivity index (χ0) is 9.26. The first-order valence-electron chi connectivity index (χ1n) is 4.28. The highest BCUT2D eigenvalue weighted by atomic mass is 16.1. The Labute approximate surface area is 76.0 Å². The Hall–Kier alpha value is -1.64. The van der Waals surface area contributed by atoms with E-state index in [0.717, 1.165) is 5.52 Å². The van der Waals surface area contributed by atoms with Gasteiger partial charge in [0.2, 0.25) is 0 Å². The van der Waals surface area contributed by atoms with E-state index in [1.54, 1.807) is 6.33 Å². The lowest BCUT2D eigenvalue weighted by atomic mass is 10.2. The highest BCUT2D eigenvalue weighted by Gasteiger charge is 2.09. The molecule has 0 aliphatic rings. The maximum atomic E-state index is 11.4. The molecule has 3 nitrogen and oxygen atoms in total. The van der Waals surface area contributed by atoms with Gasteiger partial charge in [0.05, 0.1) is 5.52 Å². The topological polar surface area (TPSA) is 34.4 Å². The molecule has 0 saturated carbocycles. The molecule has 66 valence electrons. The van der Waals surface area contributed by atoms with Crippen LogP contribution in [-0.4, -0.2) is 15.2 Å². The second-order valence-electron chi connectivity index (χ2n) is 2.86. The van der Waals surface area contributed by atoms with E-state index in [2.05, 4.69) is 4.98 Å². The monoisotopic (exact) mass is 174 g/mol. The third-order valence-corrected chi connectivity index (χ3v) is 2.03. The molecule has 2 rings (SSSR count). The third-order valence-electron chi connectivity index (χ3n) is 2.03. The van der Waals surface area contributed by atoms with Gasteiger partial charge in [-0.15, -0.1) is 0 Å². The Morgan fingerprint density at radius 2 is 2.38 bits per heavy atom. The van der Waals surface area contributed by atoms with Gasteiger partial charge >= 0.3 is 0 Å². The molecule has 0 unspecified atom stereocenters. The Morgan fingerprint density at radius 3 is 3.15 bits per heavy atom. The Bertz CT molecular complexity index is 445. The van der Waals surface area contributed by atoms with E-state index in [1.165, 1.54) is 0 Å². The van der Waals surface area contributed by atoms with Gasteiger partial charge in [0, 0.05) is 12.6 Å². The van der Waals surface area contributed by atoms with Gasteiger partial charge in [0.15, 0.2) is 5.78 Å². The molecular weight excluding hydrogens is 164 g/mol. The van der Waals surface area contributed by atoms with E-state index in [0.29, 0.717) is 12.1 Å². The van der Waals surface area contributed by atoms with Crippen LogP contribution >= 0.6 is 0 Å². The van der Waals surface area contributed by atoms with Crippen LogP contribution < -0.4 is 0 Å². The number of carbonyl (C=O) groups excluding carboxylic acids is 1. The van der Waals surface area contributed by atoms with Crippen LogP contribution in [0.4, 0.5) is 0 Å². The summed E-state index contributed by atoms with van der Waals surface area (Å²) in [6.45, 7) is 1.84. The summed E-state index contributed by atoms with van der Waals surface area (Å²) in [7, 11) is 0. The van der Waals surface area contributed by atoms with Gasteiger partial charge < -0.3 is 4.40 Å². The number of hydrogen-bond donors (Lipinski definition) is 0. The quantitative estimate of drug-likeness (QED) is 0.652. The largest absolute Gasteiger partial charge is 0.306 e. The number of carbonyl (C=O) groups is 1. The van der Waals surface area contributed by atoms with Crippen LogP contribution in [0.15, 0.2) is 30.7 Å². The van der Waals surface area contributed by atoms with Gasteiger partial charge in [0.25, 0.3) is 0 Å². The third kappa shape index (κ3) is 1.22. The summed E-state index contributed by atoms with van der Waals surface area (Å²) in [5, 5.41) is 0. The molecule has 2 aromatic heterocycles. The van der Waals surface area contributed by atoms with E-state index in [9.17, 15) is 4.79 Å². The normalized spacial score (nSPS) is 10.5. The molecule has 0 atom stereocenters. The maximum absolute atomic E-state index is 11.4. The van der Waals surface area contributed by atoms with Crippen molar-refractivity contribution in [2.45, 2.75) is 13.3 Å². The van der Waals surface area contributed by atoms with Gasteiger partial charge in [0.1, 0.15) is 12.0 Å². The van der Waals surface area contributed by atoms with E-state index in [-0.39, 0.29) is 5.78 Å². The van der Waals surface area contributed by atoms with E-state index in [1.807, 2.05) is 35.7 Å². The average Bonchev–Trinajstić information content (AvgIpc) is 2.60. The maximum Gasteiger partial charge on any atom is 0.183 e. The van der Waals surface area contributed by atoms with Crippen LogP contribution in [0.2, 0.25) is 0 Å². The van der Waals surface area contributed by atoms with Crippen molar-refractivity contribution < 1.29 is 4.79 Å². The van der Waals surface area contributed by atoms with Crippen molar-refractivity contribution in [3.63, 3.8) is 0 Å². The zero-order valence-electron chi connectivity index (χ0n) is 7.40. The van der Waals surface area contributed by atoms with E-state index >= 15 is 0 Å². The summed E-state index contributed by atoms with van der Waals surface area (Å²) in [4.78, 5) is 15.5. The van der Waals surface area contributed by atoms with Crippen molar-refractivity contribution in [2.75, 3.05) is 0 Å². The molecule has 0 spiro atoms. The lowest BCUT2D eigenvalue weighted by Gasteiger charge is -1.94. The lowest BCUT2D eigenvalue weighted by molar-refractivity contribution is 0.0985. The molecule has 0 aliphatic heterocycles. The number of nitrogens with zero attached hydrogens (tertiary/aromatic N) is 2. The molecule has 2 aromatic rings. The fourth-order valence-electron chi connectivity index (χ4n) is 1.33. The Balaban J connectivity index is 2.64. The van der Waals surface area contributed by atoms with E-state index < -0.39 is 0 Å². The number of rotatable bonds is 2. The number of ketones is 1. The molecule has 2 heterocycles. The number of fused-ring (bicyclic) bond motifs is 1. The number of pyridine rings is 1. The summed E-state index contributed by atoms with van der Waals surface area (Å²) in [5.41, 5.74) is 1.46. The number of hydrogen-bond acceptors (Lipinski definition) is 2.